The van der Waals surface area contributed by atoms with E-state index in [1.807, 2.05) is 31.2 Å². The fourth-order valence-corrected chi connectivity index (χ4v) is 2.44. The van der Waals surface area contributed by atoms with Crippen molar-refractivity contribution in [2.24, 2.45) is 0 Å². The van der Waals surface area contributed by atoms with Crippen molar-refractivity contribution in [3.05, 3.63) is 29.8 Å². The minimum atomic E-state index is -0.0460. The largest absolute Gasteiger partial charge is 0.385 e. The van der Waals surface area contributed by atoms with E-state index in [-0.39, 0.29) is 12.0 Å². The van der Waals surface area contributed by atoms with E-state index >= 15 is 0 Å². The number of rotatable bonds is 6. The summed E-state index contributed by atoms with van der Waals surface area (Å²) in [7, 11) is 0. The number of hydrogen-bond donors (Lipinski definition) is 2. The van der Waals surface area contributed by atoms with Crippen LogP contribution in [0.4, 0.5) is 5.69 Å². The maximum absolute atomic E-state index is 12.1. The fourth-order valence-electron chi connectivity index (χ4n) is 2.44. The number of likely N-dealkylation sites (N-methyl/N-ethyl adjacent to an activating group) is 1. The van der Waals surface area contributed by atoms with E-state index in [4.69, 9.17) is 4.74 Å². The van der Waals surface area contributed by atoms with Gasteiger partial charge in [-0.05, 0) is 37.7 Å². The second-order valence-corrected chi connectivity index (χ2v) is 5.20. The number of hydrogen-bond acceptors (Lipinski definition) is 4. The van der Waals surface area contributed by atoms with Crippen LogP contribution < -0.4 is 10.6 Å². The van der Waals surface area contributed by atoms with Crippen LogP contribution in [0.15, 0.2) is 24.3 Å². The van der Waals surface area contributed by atoms with Crippen LogP contribution in [-0.2, 0) is 4.74 Å². The number of carbonyl (C=O) groups is 1. The molecular formula is C16H25N3O2. The average Bonchev–Trinajstić information content (AvgIpc) is 2.54. The van der Waals surface area contributed by atoms with E-state index in [0.29, 0.717) is 12.1 Å². The molecule has 0 spiro atoms. The highest BCUT2D eigenvalue weighted by atomic mass is 16.5. The van der Waals surface area contributed by atoms with Gasteiger partial charge in [0.2, 0.25) is 0 Å². The van der Waals surface area contributed by atoms with Gasteiger partial charge in [-0.25, -0.2) is 0 Å². The van der Waals surface area contributed by atoms with Crippen LogP contribution in [0.2, 0.25) is 0 Å². The molecule has 1 saturated heterocycles. The number of nitrogens with one attached hydrogen (secondary N) is 2. The van der Waals surface area contributed by atoms with E-state index in [0.717, 1.165) is 38.5 Å². The fraction of sp³-hybridized carbons (Fsp3) is 0.562. The first-order valence-corrected chi connectivity index (χ1v) is 7.69. The third-order valence-corrected chi connectivity index (χ3v) is 3.69. The lowest BCUT2D eigenvalue weighted by molar-refractivity contribution is -0.0246. The van der Waals surface area contributed by atoms with Crippen molar-refractivity contribution in [2.45, 2.75) is 20.0 Å². The van der Waals surface area contributed by atoms with Crippen LogP contribution >= 0.6 is 0 Å². The molecule has 1 aromatic carbocycles. The van der Waals surface area contributed by atoms with E-state index in [1.54, 1.807) is 0 Å². The van der Waals surface area contributed by atoms with E-state index in [2.05, 4.69) is 22.5 Å². The SMILES string of the molecule is CCNc1ccc(C(=O)NCC2CN(CC)CCO2)cc1. The smallest absolute Gasteiger partial charge is 0.251 e. The highest BCUT2D eigenvalue weighted by molar-refractivity contribution is 5.94. The maximum atomic E-state index is 12.1. The molecule has 1 fully saturated rings. The first kappa shape index (κ1) is 15.8. The van der Waals surface area contributed by atoms with Crippen molar-refractivity contribution < 1.29 is 9.53 Å². The molecular weight excluding hydrogens is 266 g/mol. The number of ether oxygens (including phenoxy) is 1. The molecule has 1 aliphatic rings. The standard InChI is InChI=1S/C16H25N3O2/c1-3-17-14-7-5-13(6-8-14)16(20)18-11-15-12-19(4-2)9-10-21-15/h5-8,15,17H,3-4,9-12H2,1-2H3,(H,18,20). The van der Waals surface area contributed by atoms with Gasteiger partial charge >= 0.3 is 0 Å². The number of amides is 1. The molecule has 0 aliphatic carbocycles. The molecule has 5 heteroatoms. The second-order valence-electron chi connectivity index (χ2n) is 5.20. The van der Waals surface area contributed by atoms with Gasteiger partial charge in [-0.1, -0.05) is 6.92 Å². The Morgan fingerprint density at radius 2 is 2.10 bits per heavy atom. The van der Waals surface area contributed by atoms with Crippen molar-refractivity contribution in [3.63, 3.8) is 0 Å². The van der Waals surface area contributed by atoms with Crippen LogP contribution in [0.1, 0.15) is 24.2 Å². The summed E-state index contributed by atoms with van der Waals surface area (Å²) in [4.78, 5) is 14.4. The average molecular weight is 291 g/mol. The van der Waals surface area contributed by atoms with Crippen LogP contribution in [0.5, 0.6) is 0 Å². The summed E-state index contributed by atoms with van der Waals surface area (Å²) in [6, 6.07) is 7.53. The molecule has 1 amide bonds. The topological polar surface area (TPSA) is 53.6 Å². The first-order valence-electron chi connectivity index (χ1n) is 7.69. The Morgan fingerprint density at radius 1 is 1.33 bits per heavy atom. The summed E-state index contributed by atoms with van der Waals surface area (Å²) in [5, 5.41) is 6.17. The molecule has 1 heterocycles. The molecule has 2 rings (SSSR count). The molecule has 0 bridgehead atoms. The Hall–Kier alpha value is -1.59. The quantitative estimate of drug-likeness (QED) is 0.835. The van der Waals surface area contributed by atoms with Gasteiger partial charge in [-0.3, -0.25) is 9.69 Å². The van der Waals surface area contributed by atoms with Gasteiger partial charge in [0, 0.05) is 37.4 Å². The molecule has 1 aromatic rings. The van der Waals surface area contributed by atoms with Crippen molar-refractivity contribution in [3.8, 4) is 0 Å². The van der Waals surface area contributed by atoms with Gasteiger partial charge in [0.15, 0.2) is 0 Å². The van der Waals surface area contributed by atoms with Gasteiger partial charge in [0.05, 0.1) is 12.7 Å². The van der Waals surface area contributed by atoms with Crippen molar-refractivity contribution in [1.82, 2.24) is 10.2 Å². The van der Waals surface area contributed by atoms with Gasteiger partial charge in [0.25, 0.3) is 5.91 Å². The zero-order chi connectivity index (χ0) is 15.1. The lowest BCUT2D eigenvalue weighted by Crippen LogP contribution is -2.47. The summed E-state index contributed by atoms with van der Waals surface area (Å²) in [5.74, 6) is -0.0460. The molecule has 21 heavy (non-hydrogen) atoms. The van der Waals surface area contributed by atoms with Gasteiger partial charge in [0.1, 0.15) is 0 Å². The molecule has 2 N–H and O–H groups in total. The second kappa shape index (κ2) is 8.00. The maximum Gasteiger partial charge on any atom is 0.251 e. The minimum Gasteiger partial charge on any atom is -0.385 e. The van der Waals surface area contributed by atoms with E-state index < -0.39 is 0 Å². The highest BCUT2D eigenvalue weighted by Gasteiger charge is 2.19. The highest BCUT2D eigenvalue weighted by Crippen LogP contribution is 2.09. The Balaban J connectivity index is 1.81. The molecule has 0 aromatic heterocycles. The molecule has 5 nitrogen and oxygen atoms in total. The zero-order valence-electron chi connectivity index (χ0n) is 12.9. The minimum absolute atomic E-state index is 0.0460. The summed E-state index contributed by atoms with van der Waals surface area (Å²) in [6.07, 6.45) is 0.0867. The van der Waals surface area contributed by atoms with Crippen LogP contribution in [0, 0.1) is 0 Å². The molecule has 1 unspecified atom stereocenters. The van der Waals surface area contributed by atoms with E-state index in [1.165, 1.54) is 0 Å². The molecule has 0 saturated carbocycles. The third kappa shape index (κ3) is 4.72. The number of nitrogens with zero attached hydrogens (tertiary/aromatic N) is 1. The van der Waals surface area contributed by atoms with E-state index in [9.17, 15) is 4.79 Å². The Labute approximate surface area is 126 Å². The van der Waals surface area contributed by atoms with Crippen LogP contribution in [0.25, 0.3) is 0 Å². The number of morpholine rings is 1. The van der Waals surface area contributed by atoms with Gasteiger partial charge in [-0.2, -0.15) is 0 Å². The first-order chi connectivity index (χ1) is 10.2. The van der Waals surface area contributed by atoms with Crippen LogP contribution in [-0.4, -0.2) is 56.2 Å². The van der Waals surface area contributed by atoms with Crippen molar-refractivity contribution in [2.75, 3.05) is 44.6 Å². The molecule has 0 radical (unpaired) electrons. The van der Waals surface area contributed by atoms with Crippen LogP contribution in [0.3, 0.4) is 0 Å². The molecule has 1 aliphatic heterocycles. The normalized spacial score (nSPS) is 19.2. The Kier molecular flexibility index (Phi) is 6.02. The van der Waals surface area contributed by atoms with Gasteiger partial charge in [-0.15, -0.1) is 0 Å². The predicted molar refractivity (Wildman–Crippen MR) is 84.8 cm³/mol. The lowest BCUT2D eigenvalue weighted by atomic mass is 10.2. The third-order valence-electron chi connectivity index (χ3n) is 3.69. The summed E-state index contributed by atoms with van der Waals surface area (Å²) >= 11 is 0. The molecule has 116 valence electrons. The lowest BCUT2D eigenvalue weighted by Gasteiger charge is -2.32. The van der Waals surface area contributed by atoms with Crippen molar-refractivity contribution in [1.29, 1.82) is 0 Å². The number of benzene rings is 1. The number of anilines is 1. The Morgan fingerprint density at radius 3 is 2.76 bits per heavy atom. The Bertz CT molecular complexity index is 447. The molecule has 1 atom stereocenters. The predicted octanol–water partition coefficient (Wildman–Crippen LogP) is 1.57. The summed E-state index contributed by atoms with van der Waals surface area (Å²) in [6.45, 7) is 9.26. The monoisotopic (exact) mass is 291 g/mol. The van der Waals surface area contributed by atoms with Crippen molar-refractivity contribution >= 4 is 11.6 Å². The number of carbonyl (C=O) groups excluding carboxylic acids is 1. The summed E-state index contributed by atoms with van der Waals surface area (Å²) < 4.78 is 5.68. The van der Waals surface area contributed by atoms with Gasteiger partial charge < -0.3 is 15.4 Å². The summed E-state index contributed by atoms with van der Waals surface area (Å²) in [5.41, 5.74) is 1.71. The zero-order valence-corrected chi connectivity index (χ0v) is 12.9.